The maximum Gasteiger partial charge on any atom is 0.271 e. The van der Waals surface area contributed by atoms with E-state index in [9.17, 15) is 9.18 Å². The van der Waals surface area contributed by atoms with Crippen LogP contribution in [-0.2, 0) is 11.3 Å². The van der Waals surface area contributed by atoms with Crippen LogP contribution in [0.4, 0.5) is 4.39 Å². The van der Waals surface area contributed by atoms with Gasteiger partial charge in [-0.1, -0.05) is 30.0 Å². The van der Waals surface area contributed by atoms with Gasteiger partial charge in [-0.2, -0.15) is 5.10 Å². The van der Waals surface area contributed by atoms with Crippen molar-refractivity contribution in [3.05, 3.63) is 53.1 Å². The standard InChI is InChI=1S/C19H22FN7OS/c1-12-9-13(2)27(24-12)18-22-23-19(26(18)21)29-11-17(28)25(15-7-8-15)10-14-5-3-4-6-16(14)20/h3-6,9,15H,7-8,10-11,21H2,1-2H3. The van der Waals surface area contributed by atoms with Gasteiger partial charge in [0.2, 0.25) is 11.1 Å². The lowest BCUT2D eigenvalue weighted by atomic mass is 10.2. The number of aromatic nitrogens is 5. The number of aryl methyl sites for hydroxylation is 2. The minimum Gasteiger partial charge on any atom is -0.335 e. The molecule has 3 aromatic rings. The Bertz CT molecular complexity index is 1040. The van der Waals surface area contributed by atoms with Crippen molar-refractivity contribution in [1.82, 2.24) is 29.6 Å². The fourth-order valence-electron chi connectivity index (χ4n) is 3.17. The number of benzene rings is 1. The molecule has 2 aromatic heterocycles. The highest BCUT2D eigenvalue weighted by Crippen LogP contribution is 2.30. The van der Waals surface area contributed by atoms with Gasteiger partial charge in [-0.25, -0.2) is 13.7 Å². The molecule has 0 unspecified atom stereocenters. The molecule has 0 aliphatic heterocycles. The van der Waals surface area contributed by atoms with E-state index in [1.54, 1.807) is 27.8 Å². The molecule has 0 radical (unpaired) electrons. The van der Waals surface area contributed by atoms with Crippen LogP contribution in [0.3, 0.4) is 0 Å². The maximum atomic E-state index is 14.0. The van der Waals surface area contributed by atoms with Gasteiger partial charge >= 0.3 is 0 Å². The van der Waals surface area contributed by atoms with Crippen molar-refractivity contribution in [3.8, 4) is 5.95 Å². The third-order valence-electron chi connectivity index (χ3n) is 4.78. The van der Waals surface area contributed by atoms with E-state index in [0.29, 0.717) is 16.7 Å². The first-order valence-corrected chi connectivity index (χ1v) is 10.3. The van der Waals surface area contributed by atoms with E-state index >= 15 is 0 Å². The summed E-state index contributed by atoms with van der Waals surface area (Å²) in [5.74, 6) is 6.29. The van der Waals surface area contributed by atoms with Crippen LogP contribution < -0.4 is 5.84 Å². The number of rotatable bonds is 7. The van der Waals surface area contributed by atoms with Gasteiger partial charge < -0.3 is 10.7 Å². The van der Waals surface area contributed by atoms with E-state index in [2.05, 4.69) is 15.3 Å². The molecule has 8 nitrogen and oxygen atoms in total. The molecule has 1 aliphatic rings. The first kappa shape index (κ1) is 19.4. The van der Waals surface area contributed by atoms with Gasteiger partial charge in [0.25, 0.3) is 5.95 Å². The van der Waals surface area contributed by atoms with Crippen LogP contribution in [0.1, 0.15) is 29.8 Å². The molecule has 0 saturated heterocycles. The Labute approximate surface area is 171 Å². The molecule has 2 heterocycles. The van der Waals surface area contributed by atoms with Crippen LogP contribution in [0, 0.1) is 19.7 Å². The van der Waals surface area contributed by atoms with Gasteiger partial charge in [0.15, 0.2) is 0 Å². The quantitative estimate of drug-likeness (QED) is 0.470. The van der Waals surface area contributed by atoms with Crippen molar-refractivity contribution >= 4 is 17.7 Å². The minimum atomic E-state index is -0.296. The lowest BCUT2D eigenvalue weighted by molar-refractivity contribution is -0.129. The van der Waals surface area contributed by atoms with Crippen LogP contribution in [0.25, 0.3) is 5.95 Å². The molecule has 1 aliphatic carbocycles. The molecule has 0 spiro atoms. The molecule has 1 aromatic carbocycles. The second-order valence-electron chi connectivity index (χ2n) is 7.12. The van der Waals surface area contributed by atoms with Crippen LogP contribution in [0.15, 0.2) is 35.5 Å². The van der Waals surface area contributed by atoms with E-state index in [-0.39, 0.29) is 30.1 Å². The van der Waals surface area contributed by atoms with Crippen molar-refractivity contribution in [2.75, 3.05) is 11.6 Å². The number of nitrogen functional groups attached to an aromatic ring is 1. The highest BCUT2D eigenvalue weighted by Gasteiger charge is 2.33. The zero-order chi connectivity index (χ0) is 20.5. The smallest absolute Gasteiger partial charge is 0.271 e. The summed E-state index contributed by atoms with van der Waals surface area (Å²) in [7, 11) is 0. The molecule has 2 N–H and O–H groups in total. The predicted octanol–water partition coefficient (Wildman–Crippen LogP) is 2.22. The molecule has 1 fully saturated rings. The van der Waals surface area contributed by atoms with Gasteiger partial charge in [-0.3, -0.25) is 4.79 Å². The molecule has 29 heavy (non-hydrogen) atoms. The average Bonchev–Trinajstić information content (AvgIpc) is 3.39. The highest BCUT2D eigenvalue weighted by molar-refractivity contribution is 7.99. The topological polar surface area (TPSA) is 94.9 Å². The van der Waals surface area contributed by atoms with Crippen molar-refractivity contribution in [3.63, 3.8) is 0 Å². The number of carbonyl (C=O) groups excluding carboxylic acids is 1. The van der Waals surface area contributed by atoms with Gasteiger partial charge in [0.1, 0.15) is 5.82 Å². The summed E-state index contributed by atoms with van der Waals surface area (Å²) in [5, 5.41) is 13.0. The molecular formula is C19H22FN7OS. The lowest BCUT2D eigenvalue weighted by Gasteiger charge is -2.22. The lowest BCUT2D eigenvalue weighted by Crippen LogP contribution is -2.34. The molecule has 0 bridgehead atoms. The summed E-state index contributed by atoms with van der Waals surface area (Å²) in [6.07, 6.45) is 1.89. The summed E-state index contributed by atoms with van der Waals surface area (Å²) in [5.41, 5.74) is 2.26. The number of halogens is 1. The number of carbonyl (C=O) groups is 1. The largest absolute Gasteiger partial charge is 0.335 e. The molecule has 0 atom stereocenters. The van der Waals surface area contributed by atoms with Crippen LogP contribution >= 0.6 is 11.8 Å². The molecular weight excluding hydrogens is 393 g/mol. The minimum absolute atomic E-state index is 0.0728. The van der Waals surface area contributed by atoms with Gasteiger partial charge in [-0.15, -0.1) is 10.2 Å². The number of hydrogen-bond acceptors (Lipinski definition) is 6. The van der Waals surface area contributed by atoms with E-state index in [1.165, 1.54) is 22.5 Å². The third kappa shape index (κ3) is 4.12. The third-order valence-corrected chi connectivity index (χ3v) is 5.70. The van der Waals surface area contributed by atoms with Crippen molar-refractivity contribution in [1.29, 1.82) is 0 Å². The number of amides is 1. The van der Waals surface area contributed by atoms with Crippen molar-refractivity contribution in [2.24, 2.45) is 0 Å². The Hall–Kier alpha value is -2.88. The van der Waals surface area contributed by atoms with E-state index in [4.69, 9.17) is 5.84 Å². The second kappa shape index (κ2) is 7.86. The van der Waals surface area contributed by atoms with Gasteiger partial charge in [0, 0.05) is 23.8 Å². The Balaban J connectivity index is 1.45. The molecule has 1 amide bonds. The van der Waals surface area contributed by atoms with Crippen LogP contribution in [0.2, 0.25) is 0 Å². The predicted molar refractivity (Wildman–Crippen MR) is 107 cm³/mol. The average molecular weight is 415 g/mol. The fourth-order valence-corrected chi connectivity index (χ4v) is 3.91. The summed E-state index contributed by atoms with van der Waals surface area (Å²) >= 11 is 1.21. The second-order valence-corrected chi connectivity index (χ2v) is 8.07. The van der Waals surface area contributed by atoms with E-state index in [1.807, 2.05) is 19.9 Å². The normalized spacial score (nSPS) is 13.6. The first-order chi connectivity index (χ1) is 13.9. The zero-order valence-electron chi connectivity index (χ0n) is 16.2. The number of nitrogens with two attached hydrogens (primary N) is 1. The number of hydrogen-bond donors (Lipinski definition) is 1. The molecule has 1 saturated carbocycles. The Morgan fingerprint density at radius 3 is 2.72 bits per heavy atom. The van der Waals surface area contributed by atoms with Gasteiger partial charge in [-0.05, 0) is 38.8 Å². The van der Waals surface area contributed by atoms with Crippen LogP contribution in [0.5, 0.6) is 0 Å². The Morgan fingerprint density at radius 1 is 1.31 bits per heavy atom. The van der Waals surface area contributed by atoms with E-state index in [0.717, 1.165) is 24.2 Å². The zero-order valence-corrected chi connectivity index (χ0v) is 17.1. The summed E-state index contributed by atoms with van der Waals surface area (Å²) < 4.78 is 17.0. The maximum absolute atomic E-state index is 14.0. The first-order valence-electron chi connectivity index (χ1n) is 9.34. The van der Waals surface area contributed by atoms with Crippen molar-refractivity contribution in [2.45, 2.75) is 44.4 Å². The fraction of sp³-hybridized carbons (Fsp3) is 0.368. The molecule has 4 rings (SSSR count). The summed E-state index contributed by atoms with van der Waals surface area (Å²) in [6, 6.07) is 8.64. The Morgan fingerprint density at radius 2 is 2.07 bits per heavy atom. The molecule has 10 heteroatoms. The Kier molecular flexibility index (Phi) is 5.27. The SMILES string of the molecule is Cc1cc(C)n(-c2nnc(SCC(=O)N(Cc3ccccc3F)C3CC3)n2N)n1. The highest BCUT2D eigenvalue weighted by atomic mass is 32.2. The summed E-state index contributed by atoms with van der Waals surface area (Å²) in [6.45, 7) is 4.06. The van der Waals surface area contributed by atoms with Crippen molar-refractivity contribution < 1.29 is 9.18 Å². The number of nitrogens with zero attached hydrogens (tertiary/aromatic N) is 6. The van der Waals surface area contributed by atoms with Crippen LogP contribution in [-0.4, -0.2) is 47.3 Å². The monoisotopic (exact) mass is 415 g/mol. The van der Waals surface area contributed by atoms with E-state index < -0.39 is 0 Å². The number of thioether (sulfide) groups is 1. The molecule has 152 valence electrons. The summed E-state index contributed by atoms with van der Waals surface area (Å²) in [4.78, 5) is 14.6. The van der Waals surface area contributed by atoms with Gasteiger partial charge in [0.05, 0.1) is 11.4 Å².